The Labute approximate surface area is 102 Å². The van der Waals surface area contributed by atoms with Crippen LogP contribution in [0.3, 0.4) is 0 Å². The van der Waals surface area contributed by atoms with Gasteiger partial charge in [0.15, 0.2) is 5.82 Å². The first-order valence-electron chi connectivity index (χ1n) is 5.43. The number of nitrogens with one attached hydrogen (secondary N) is 1. The van der Waals surface area contributed by atoms with Crippen LogP contribution in [0.5, 0.6) is 0 Å². The molecule has 2 aromatic rings. The smallest absolute Gasteiger partial charge is 0.270 e. The minimum atomic E-state index is 0.0842. The number of carbonyl (C=O) groups excluding carboxylic acids is 1. The lowest BCUT2D eigenvalue weighted by atomic mass is 10.3. The van der Waals surface area contributed by atoms with Crippen molar-refractivity contribution < 1.29 is 9.32 Å². The number of thiophene rings is 1. The molecule has 0 aromatic carbocycles. The van der Waals surface area contributed by atoms with Crippen LogP contribution in [0.1, 0.15) is 18.7 Å². The average Bonchev–Trinajstić information content (AvgIpc) is 2.93. The molecule has 0 saturated heterocycles. The van der Waals surface area contributed by atoms with Gasteiger partial charge >= 0.3 is 0 Å². The topological polar surface area (TPSA) is 68.0 Å². The fourth-order valence-electron chi connectivity index (χ4n) is 1.54. The first-order valence-corrected chi connectivity index (χ1v) is 6.31. The lowest BCUT2D eigenvalue weighted by Crippen LogP contribution is -2.13. The summed E-state index contributed by atoms with van der Waals surface area (Å²) in [6, 6.07) is 1.86. The first kappa shape index (κ1) is 10.5. The SMILES string of the molecule is Cc1noc(-c2sccc2NC(=O)C2CC2)n1. The molecule has 0 aliphatic heterocycles. The second-order valence-corrected chi connectivity index (χ2v) is 4.99. The summed E-state index contributed by atoms with van der Waals surface area (Å²) in [7, 11) is 0. The van der Waals surface area contributed by atoms with Crippen molar-refractivity contribution in [2.75, 3.05) is 5.32 Å². The monoisotopic (exact) mass is 249 g/mol. The number of carbonyl (C=O) groups is 1. The second kappa shape index (κ2) is 3.96. The van der Waals surface area contributed by atoms with Gasteiger partial charge in [-0.15, -0.1) is 11.3 Å². The zero-order valence-electron chi connectivity index (χ0n) is 9.27. The molecule has 0 atom stereocenters. The molecule has 1 aliphatic carbocycles. The minimum Gasteiger partial charge on any atom is -0.333 e. The van der Waals surface area contributed by atoms with Gasteiger partial charge in [0.2, 0.25) is 5.91 Å². The first-order chi connectivity index (χ1) is 8.24. The van der Waals surface area contributed by atoms with Crippen LogP contribution in [0.15, 0.2) is 16.0 Å². The van der Waals surface area contributed by atoms with Gasteiger partial charge < -0.3 is 9.84 Å². The van der Waals surface area contributed by atoms with Gasteiger partial charge in [-0.2, -0.15) is 4.98 Å². The van der Waals surface area contributed by atoms with Gasteiger partial charge in [0, 0.05) is 5.92 Å². The third-order valence-corrected chi connectivity index (χ3v) is 3.50. The highest BCUT2D eigenvalue weighted by Gasteiger charge is 2.30. The number of aromatic nitrogens is 2. The summed E-state index contributed by atoms with van der Waals surface area (Å²) < 4.78 is 5.11. The van der Waals surface area contributed by atoms with Gasteiger partial charge in [0.1, 0.15) is 4.88 Å². The molecule has 3 rings (SSSR count). The van der Waals surface area contributed by atoms with Crippen molar-refractivity contribution in [3.8, 4) is 10.8 Å². The van der Waals surface area contributed by atoms with Crippen LogP contribution >= 0.6 is 11.3 Å². The highest BCUT2D eigenvalue weighted by atomic mass is 32.1. The number of nitrogens with zero attached hydrogens (tertiary/aromatic N) is 2. The van der Waals surface area contributed by atoms with E-state index in [1.807, 2.05) is 11.4 Å². The molecule has 1 fully saturated rings. The van der Waals surface area contributed by atoms with Crippen molar-refractivity contribution in [1.29, 1.82) is 0 Å². The number of amides is 1. The van der Waals surface area contributed by atoms with Crippen LogP contribution in [0, 0.1) is 12.8 Å². The third-order valence-electron chi connectivity index (χ3n) is 2.59. The standard InChI is InChI=1S/C11H11N3O2S/c1-6-12-11(16-14-6)9-8(4-5-17-9)13-10(15)7-2-3-7/h4-5,7H,2-3H2,1H3,(H,13,15). The van der Waals surface area contributed by atoms with Crippen molar-refractivity contribution in [3.63, 3.8) is 0 Å². The largest absolute Gasteiger partial charge is 0.333 e. The maximum Gasteiger partial charge on any atom is 0.270 e. The Kier molecular flexibility index (Phi) is 2.44. The molecule has 17 heavy (non-hydrogen) atoms. The molecule has 0 radical (unpaired) electrons. The van der Waals surface area contributed by atoms with Crippen molar-refractivity contribution >= 4 is 22.9 Å². The highest BCUT2D eigenvalue weighted by Crippen LogP contribution is 2.35. The summed E-state index contributed by atoms with van der Waals surface area (Å²) in [4.78, 5) is 16.7. The van der Waals surface area contributed by atoms with Gasteiger partial charge in [0.05, 0.1) is 5.69 Å². The molecule has 1 amide bonds. The molecule has 0 unspecified atom stereocenters. The van der Waals surface area contributed by atoms with E-state index >= 15 is 0 Å². The van der Waals surface area contributed by atoms with E-state index in [-0.39, 0.29) is 11.8 Å². The van der Waals surface area contributed by atoms with E-state index in [1.54, 1.807) is 6.92 Å². The molecular formula is C11H11N3O2S. The fourth-order valence-corrected chi connectivity index (χ4v) is 2.31. The van der Waals surface area contributed by atoms with Gasteiger partial charge in [-0.25, -0.2) is 0 Å². The van der Waals surface area contributed by atoms with E-state index in [0.29, 0.717) is 11.7 Å². The molecule has 88 valence electrons. The Balaban J connectivity index is 1.85. The molecular weight excluding hydrogens is 238 g/mol. The van der Waals surface area contributed by atoms with Crippen LogP contribution in [-0.4, -0.2) is 16.0 Å². The highest BCUT2D eigenvalue weighted by molar-refractivity contribution is 7.14. The third kappa shape index (κ3) is 2.08. The number of aryl methyl sites for hydroxylation is 1. The minimum absolute atomic E-state index is 0.0842. The predicted molar refractivity (Wildman–Crippen MR) is 63.7 cm³/mol. The Morgan fingerprint density at radius 3 is 3.06 bits per heavy atom. The van der Waals surface area contributed by atoms with Gasteiger partial charge in [-0.05, 0) is 31.2 Å². The van der Waals surface area contributed by atoms with Crippen molar-refractivity contribution in [2.45, 2.75) is 19.8 Å². The fraction of sp³-hybridized carbons (Fsp3) is 0.364. The van der Waals surface area contributed by atoms with E-state index in [1.165, 1.54) is 11.3 Å². The average molecular weight is 249 g/mol. The number of rotatable bonds is 3. The summed E-state index contributed by atoms with van der Waals surface area (Å²) in [5.74, 6) is 1.32. The quantitative estimate of drug-likeness (QED) is 0.907. The molecule has 5 nitrogen and oxygen atoms in total. The van der Waals surface area contributed by atoms with E-state index in [0.717, 1.165) is 23.4 Å². The lowest BCUT2D eigenvalue weighted by Gasteiger charge is -2.02. The normalized spacial score (nSPS) is 14.9. The molecule has 1 N–H and O–H groups in total. The van der Waals surface area contributed by atoms with Crippen molar-refractivity contribution in [1.82, 2.24) is 10.1 Å². The summed E-state index contributed by atoms with van der Waals surface area (Å²) in [5.41, 5.74) is 0.760. The Morgan fingerprint density at radius 1 is 1.59 bits per heavy atom. The summed E-state index contributed by atoms with van der Waals surface area (Å²) in [5, 5.41) is 8.55. The number of anilines is 1. The van der Waals surface area contributed by atoms with Crippen LogP contribution in [0.2, 0.25) is 0 Å². The maximum absolute atomic E-state index is 11.7. The number of hydrogen-bond donors (Lipinski definition) is 1. The van der Waals surface area contributed by atoms with Gasteiger partial charge in [-0.3, -0.25) is 4.79 Å². The molecule has 2 aromatic heterocycles. The Morgan fingerprint density at radius 2 is 2.41 bits per heavy atom. The molecule has 0 bridgehead atoms. The Hall–Kier alpha value is -1.69. The van der Waals surface area contributed by atoms with E-state index < -0.39 is 0 Å². The number of hydrogen-bond acceptors (Lipinski definition) is 5. The van der Waals surface area contributed by atoms with E-state index in [2.05, 4.69) is 15.5 Å². The van der Waals surface area contributed by atoms with Gasteiger partial charge in [0.25, 0.3) is 5.89 Å². The van der Waals surface area contributed by atoms with Crippen molar-refractivity contribution in [2.24, 2.45) is 5.92 Å². The summed E-state index contributed by atoms with van der Waals surface area (Å²) >= 11 is 1.48. The van der Waals surface area contributed by atoms with Crippen LogP contribution < -0.4 is 5.32 Å². The molecule has 1 saturated carbocycles. The van der Waals surface area contributed by atoms with Crippen molar-refractivity contribution in [3.05, 3.63) is 17.3 Å². The summed E-state index contributed by atoms with van der Waals surface area (Å²) in [6.07, 6.45) is 1.98. The van der Waals surface area contributed by atoms with E-state index in [4.69, 9.17) is 4.52 Å². The lowest BCUT2D eigenvalue weighted by molar-refractivity contribution is -0.117. The maximum atomic E-state index is 11.7. The zero-order chi connectivity index (χ0) is 11.8. The van der Waals surface area contributed by atoms with Gasteiger partial charge in [-0.1, -0.05) is 5.16 Å². The Bertz CT molecular complexity index is 557. The molecule has 2 heterocycles. The van der Waals surface area contributed by atoms with Crippen LogP contribution in [0.4, 0.5) is 5.69 Å². The van der Waals surface area contributed by atoms with E-state index in [9.17, 15) is 4.79 Å². The summed E-state index contributed by atoms with van der Waals surface area (Å²) in [6.45, 7) is 1.77. The predicted octanol–water partition coefficient (Wildman–Crippen LogP) is 2.46. The molecule has 6 heteroatoms. The second-order valence-electron chi connectivity index (χ2n) is 4.07. The molecule has 1 aliphatic rings. The van der Waals surface area contributed by atoms with Crippen LogP contribution in [-0.2, 0) is 4.79 Å². The van der Waals surface area contributed by atoms with Crippen LogP contribution in [0.25, 0.3) is 10.8 Å². The zero-order valence-corrected chi connectivity index (χ0v) is 10.1. The molecule has 0 spiro atoms.